The Morgan fingerprint density at radius 3 is 2.62 bits per heavy atom. The number of phenols is 1. The number of aliphatic hydroxyl groups is 1. The molecule has 0 aliphatic rings. The predicted molar refractivity (Wildman–Crippen MR) is 94.1 cm³/mol. The Bertz CT molecular complexity index is 719. The first kappa shape index (κ1) is 17.4. The Labute approximate surface area is 140 Å². The van der Waals surface area contributed by atoms with Gasteiger partial charge in [0.1, 0.15) is 11.5 Å². The van der Waals surface area contributed by atoms with E-state index < -0.39 is 6.03 Å². The number of ether oxygens (including phenoxy) is 1. The molecule has 0 heterocycles. The molecule has 0 aliphatic heterocycles. The number of methoxy groups -OCH3 is 1. The maximum absolute atomic E-state index is 12.1. The van der Waals surface area contributed by atoms with Crippen LogP contribution in [0.2, 0.25) is 0 Å². The van der Waals surface area contributed by atoms with Gasteiger partial charge in [0.15, 0.2) is 0 Å². The molecule has 0 saturated heterocycles. The largest absolute Gasteiger partial charge is 0.505 e. The van der Waals surface area contributed by atoms with Crippen molar-refractivity contribution in [1.82, 2.24) is 0 Å². The second-order valence-electron chi connectivity index (χ2n) is 5.15. The maximum atomic E-state index is 12.1. The molecule has 5 N–H and O–H groups in total. The molecule has 2 aromatic rings. The van der Waals surface area contributed by atoms with E-state index in [2.05, 4.69) is 16.0 Å². The molecule has 0 fully saturated rings. The molecule has 0 atom stereocenters. The van der Waals surface area contributed by atoms with E-state index in [0.717, 1.165) is 0 Å². The van der Waals surface area contributed by atoms with Crippen molar-refractivity contribution in [2.45, 2.75) is 6.92 Å². The highest BCUT2D eigenvalue weighted by atomic mass is 16.5. The number of aliphatic hydroxyl groups excluding tert-OH is 1. The number of carbonyl (C=O) groups excluding carboxylic acids is 1. The molecule has 0 saturated carbocycles. The quantitative estimate of drug-likeness (QED) is 0.524. The fraction of sp³-hybridized carbons (Fsp3) is 0.235. The van der Waals surface area contributed by atoms with Gasteiger partial charge in [0.25, 0.3) is 0 Å². The predicted octanol–water partition coefficient (Wildman–Crippen LogP) is 2.76. The Morgan fingerprint density at radius 1 is 1.17 bits per heavy atom. The summed E-state index contributed by atoms with van der Waals surface area (Å²) in [7, 11) is 1.53. The van der Waals surface area contributed by atoms with Crippen LogP contribution in [0.25, 0.3) is 0 Å². The topological polar surface area (TPSA) is 103 Å². The summed E-state index contributed by atoms with van der Waals surface area (Å²) in [4.78, 5) is 12.1. The van der Waals surface area contributed by atoms with Gasteiger partial charge in [0.05, 0.1) is 19.4 Å². The molecule has 0 aliphatic carbocycles. The van der Waals surface area contributed by atoms with Gasteiger partial charge in [-0.25, -0.2) is 4.79 Å². The van der Waals surface area contributed by atoms with E-state index in [1.165, 1.54) is 7.11 Å². The van der Waals surface area contributed by atoms with Crippen molar-refractivity contribution in [1.29, 1.82) is 0 Å². The van der Waals surface area contributed by atoms with Crippen molar-refractivity contribution in [2.24, 2.45) is 0 Å². The monoisotopic (exact) mass is 331 g/mol. The van der Waals surface area contributed by atoms with Crippen LogP contribution in [-0.2, 0) is 0 Å². The van der Waals surface area contributed by atoms with Crippen molar-refractivity contribution in [3.05, 3.63) is 42.0 Å². The second-order valence-corrected chi connectivity index (χ2v) is 5.15. The Hall–Kier alpha value is -2.93. The summed E-state index contributed by atoms with van der Waals surface area (Å²) in [5.41, 5.74) is 2.22. The number of aromatic hydroxyl groups is 1. The molecule has 7 heteroatoms. The van der Waals surface area contributed by atoms with E-state index in [4.69, 9.17) is 9.84 Å². The van der Waals surface area contributed by atoms with Gasteiger partial charge < -0.3 is 30.9 Å². The fourth-order valence-corrected chi connectivity index (χ4v) is 2.14. The average Bonchev–Trinajstić information content (AvgIpc) is 2.56. The lowest BCUT2D eigenvalue weighted by atomic mass is 10.2. The third kappa shape index (κ3) is 4.53. The third-order valence-electron chi connectivity index (χ3n) is 3.33. The lowest BCUT2D eigenvalue weighted by Crippen LogP contribution is -2.19. The van der Waals surface area contributed by atoms with Crippen LogP contribution in [0.4, 0.5) is 21.9 Å². The summed E-state index contributed by atoms with van der Waals surface area (Å²) in [5.74, 6) is 0.593. The molecule has 128 valence electrons. The van der Waals surface area contributed by atoms with E-state index in [9.17, 15) is 9.90 Å². The molecule has 2 aromatic carbocycles. The van der Waals surface area contributed by atoms with Gasteiger partial charge in [0.2, 0.25) is 0 Å². The Balaban J connectivity index is 2.11. The van der Waals surface area contributed by atoms with E-state index in [1.54, 1.807) is 43.3 Å². The number of rotatable bonds is 6. The normalized spacial score (nSPS) is 10.1. The first-order valence-electron chi connectivity index (χ1n) is 7.44. The van der Waals surface area contributed by atoms with Crippen LogP contribution >= 0.6 is 0 Å². The number of hydrogen-bond acceptors (Lipinski definition) is 5. The lowest BCUT2D eigenvalue weighted by Gasteiger charge is -2.13. The number of carbonyl (C=O) groups is 1. The maximum Gasteiger partial charge on any atom is 0.323 e. The van der Waals surface area contributed by atoms with Crippen molar-refractivity contribution in [3.8, 4) is 11.5 Å². The molecule has 2 rings (SSSR count). The van der Waals surface area contributed by atoms with Gasteiger partial charge in [-0.3, -0.25) is 0 Å². The first-order chi connectivity index (χ1) is 11.5. The highest BCUT2D eigenvalue weighted by Gasteiger charge is 2.09. The van der Waals surface area contributed by atoms with Crippen LogP contribution < -0.4 is 20.7 Å². The van der Waals surface area contributed by atoms with Crippen LogP contribution in [0.3, 0.4) is 0 Å². The lowest BCUT2D eigenvalue weighted by molar-refractivity contribution is 0.262. The fourth-order valence-electron chi connectivity index (χ4n) is 2.14. The minimum atomic E-state index is -0.489. The van der Waals surface area contributed by atoms with Crippen LogP contribution in [-0.4, -0.2) is 36.5 Å². The van der Waals surface area contributed by atoms with Gasteiger partial charge in [0, 0.05) is 30.1 Å². The molecule has 0 bridgehead atoms. The number of aryl methyl sites for hydroxylation is 1. The van der Waals surface area contributed by atoms with Crippen LogP contribution in [0.15, 0.2) is 36.4 Å². The zero-order valence-electron chi connectivity index (χ0n) is 13.6. The first-order valence-corrected chi connectivity index (χ1v) is 7.44. The number of nitrogens with one attached hydrogen (secondary N) is 3. The molecule has 0 aromatic heterocycles. The number of phenolic OH excluding ortho intramolecular Hbond substituents is 1. The summed E-state index contributed by atoms with van der Waals surface area (Å²) < 4.78 is 5.20. The number of anilines is 3. The zero-order valence-corrected chi connectivity index (χ0v) is 13.6. The summed E-state index contributed by atoms with van der Waals surface area (Å²) >= 11 is 0. The van der Waals surface area contributed by atoms with Crippen molar-refractivity contribution < 1.29 is 19.7 Å². The summed E-state index contributed by atoms with van der Waals surface area (Å²) in [6.45, 7) is 2.13. The average molecular weight is 331 g/mol. The minimum Gasteiger partial charge on any atom is -0.505 e. The Kier molecular flexibility index (Phi) is 5.86. The minimum absolute atomic E-state index is 0.00685. The summed E-state index contributed by atoms with van der Waals surface area (Å²) in [6, 6.07) is 9.75. The van der Waals surface area contributed by atoms with E-state index in [0.29, 0.717) is 34.9 Å². The third-order valence-corrected chi connectivity index (χ3v) is 3.33. The van der Waals surface area contributed by atoms with Gasteiger partial charge in [-0.2, -0.15) is 0 Å². The Morgan fingerprint density at radius 2 is 1.92 bits per heavy atom. The van der Waals surface area contributed by atoms with Gasteiger partial charge in [-0.1, -0.05) is 12.1 Å². The van der Waals surface area contributed by atoms with E-state index in [1.807, 2.05) is 0 Å². The van der Waals surface area contributed by atoms with Gasteiger partial charge in [-0.05, 0) is 24.6 Å². The smallest absolute Gasteiger partial charge is 0.323 e. The molecular formula is C17H21N3O4. The standard InChI is InChI=1S/C17H21N3O4/c1-11-4-3-5-15(16(11)22)20-17(23)19-13-8-12(18-6-7-21)9-14(10-13)24-2/h3-5,8-10,18,21-22H,6-7H2,1-2H3,(H2,19,20,23). The number of hydrogen-bond donors (Lipinski definition) is 5. The van der Waals surface area contributed by atoms with Crippen LogP contribution in [0.5, 0.6) is 11.5 Å². The van der Waals surface area contributed by atoms with E-state index in [-0.39, 0.29) is 12.4 Å². The number of benzene rings is 2. The summed E-state index contributed by atoms with van der Waals surface area (Å²) in [6.07, 6.45) is 0. The highest BCUT2D eigenvalue weighted by Crippen LogP contribution is 2.27. The van der Waals surface area contributed by atoms with Gasteiger partial charge in [-0.15, -0.1) is 0 Å². The van der Waals surface area contributed by atoms with E-state index >= 15 is 0 Å². The number of urea groups is 1. The van der Waals surface area contributed by atoms with Gasteiger partial charge >= 0.3 is 6.03 Å². The molecule has 0 unspecified atom stereocenters. The van der Waals surface area contributed by atoms with Crippen molar-refractivity contribution >= 4 is 23.1 Å². The summed E-state index contributed by atoms with van der Waals surface area (Å²) in [5, 5.41) is 27.1. The van der Waals surface area contributed by atoms with Crippen LogP contribution in [0.1, 0.15) is 5.56 Å². The molecular weight excluding hydrogens is 310 g/mol. The molecule has 24 heavy (non-hydrogen) atoms. The SMILES string of the molecule is COc1cc(NCCO)cc(NC(=O)Nc2cccc(C)c2O)c1. The highest BCUT2D eigenvalue weighted by molar-refractivity contribution is 6.01. The number of para-hydroxylation sites is 1. The zero-order chi connectivity index (χ0) is 17.5. The molecule has 0 radical (unpaired) electrons. The van der Waals surface area contributed by atoms with Crippen molar-refractivity contribution in [3.63, 3.8) is 0 Å². The van der Waals surface area contributed by atoms with Crippen molar-refractivity contribution in [2.75, 3.05) is 36.2 Å². The molecule has 7 nitrogen and oxygen atoms in total. The molecule has 2 amide bonds. The second kappa shape index (κ2) is 8.07. The number of amides is 2. The van der Waals surface area contributed by atoms with Crippen LogP contribution in [0, 0.1) is 6.92 Å². The molecule has 0 spiro atoms.